The summed E-state index contributed by atoms with van der Waals surface area (Å²) in [6.45, 7) is 5.87. The summed E-state index contributed by atoms with van der Waals surface area (Å²) in [7, 11) is 3.18. The van der Waals surface area contributed by atoms with E-state index in [1.807, 2.05) is 30.3 Å². The average molecular weight is 439 g/mol. The molecule has 1 aromatic heterocycles. The van der Waals surface area contributed by atoms with E-state index in [9.17, 15) is 4.79 Å². The van der Waals surface area contributed by atoms with E-state index in [4.69, 9.17) is 14.2 Å². The number of carbonyl (C=O) groups excluding carboxylic acids is 1. The number of para-hydroxylation sites is 1. The van der Waals surface area contributed by atoms with Gasteiger partial charge in [0.25, 0.3) is 0 Å². The van der Waals surface area contributed by atoms with Gasteiger partial charge in [-0.2, -0.15) is 0 Å². The Balaban J connectivity index is 1.34. The Hall–Kier alpha value is -3.23. The maximum Gasteiger partial charge on any atom is 0.319 e. The Morgan fingerprint density at radius 3 is 2.69 bits per heavy atom. The van der Waals surface area contributed by atoms with Gasteiger partial charge < -0.3 is 29.4 Å². The third-order valence-corrected chi connectivity index (χ3v) is 5.71. The van der Waals surface area contributed by atoms with E-state index < -0.39 is 0 Å². The van der Waals surface area contributed by atoms with Crippen LogP contribution in [0.25, 0.3) is 10.9 Å². The van der Waals surface area contributed by atoms with Crippen molar-refractivity contribution in [2.75, 3.05) is 52.4 Å². The molecule has 1 saturated heterocycles. The SMILES string of the molecule is COc1cccc(CNC(=O)Nc2ccc3c(ccn3CCN3CCOCC3)c2)c1OC. The number of amides is 2. The van der Waals surface area contributed by atoms with Crippen molar-refractivity contribution in [3.63, 3.8) is 0 Å². The van der Waals surface area contributed by atoms with Crippen LogP contribution >= 0.6 is 0 Å². The Labute approximate surface area is 188 Å². The summed E-state index contributed by atoms with van der Waals surface area (Å²) in [6.07, 6.45) is 2.10. The smallest absolute Gasteiger partial charge is 0.319 e. The van der Waals surface area contributed by atoms with Crippen molar-refractivity contribution in [3.8, 4) is 11.5 Å². The highest BCUT2D eigenvalue weighted by Gasteiger charge is 2.12. The van der Waals surface area contributed by atoms with Crippen molar-refractivity contribution in [3.05, 3.63) is 54.2 Å². The first-order chi connectivity index (χ1) is 15.7. The molecule has 3 aromatic rings. The van der Waals surface area contributed by atoms with Crippen LogP contribution in [0.5, 0.6) is 11.5 Å². The lowest BCUT2D eigenvalue weighted by atomic mass is 10.2. The van der Waals surface area contributed by atoms with Gasteiger partial charge in [0.15, 0.2) is 11.5 Å². The standard InChI is InChI=1S/C24H30N4O4/c1-30-22-5-3-4-19(23(22)31-2)17-25-24(29)26-20-6-7-21-18(16-20)8-9-28(21)11-10-27-12-14-32-15-13-27/h3-9,16H,10-15,17H2,1-2H3,(H2,25,26,29). The number of hydrogen-bond donors (Lipinski definition) is 2. The second-order valence-electron chi connectivity index (χ2n) is 7.70. The second-order valence-corrected chi connectivity index (χ2v) is 7.70. The molecule has 1 aliphatic heterocycles. The van der Waals surface area contributed by atoms with E-state index in [1.54, 1.807) is 14.2 Å². The predicted octanol–water partition coefficient (Wildman–Crippen LogP) is 3.31. The topological polar surface area (TPSA) is 77.0 Å². The summed E-state index contributed by atoms with van der Waals surface area (Å²) < 4.78 is 18.4. The molecule has 2 amide bonds. The Morgan fingerprint density at radius 1 is 1.06 bits per heavy atom. The molecular weight excluding hydrogens is 408 g/mol. The fraction of sp³-hybridized carbons (Fsp3) is 0.375. The lowest BCUT2D eigenvalue weighted by molar-refractivity contribution is 0.0365. The summed E-state index contributed by atoms with van der Waals surface area (Å²) >= 11 is 0. The van der Waals surface area contributed by atoms with Crippen molar-refractivity contribution in [1.29, 1.82) is 0 Å². The quantitative estimate of drug-likeness (QED) is 0.564. The van der Waals surface area contributed by atoms with Crippen LogP contribution in [0.4, 0.5) is 10.5 Å². The molecule has 0 aliphatic carbocycles. The highest BCUT2D eigenvalue weighted by atomic mass is 16.5. The van der Waals surface area contributed by atoms with Gasteiger partial charge in [0.05, 0.1) is 27.4 Å². The third kappa shape index (κ3) is 5.15. The van der Waals surface area contributed by atoms with E-state index in [2.05, 4.69) is 38.4 Å². The Morgan fingerprint density at radius 2 is 1.91 bits per heavy atom. The minimum atomic E-state index is -0.277. The Kier molecular flexibility index (Phi) is 7.14. The van der Waals surface area contributed by atoms with Gasteiger partial charge in [-0.05, 0) is 30.3 Å². The molecule has 2 N–H and O–H groups in total. The van der Waals surface area contributed by atoms with Crippen LogP contribution in [0.3, 0.4) is 0 Å². The molecule has 1 fully saturated rings. The van der Waals surface area contributed by atoms with E-state index >= 15 is 0 Å². The van der Waals surface area contributed by atoms with Gasteiger partial charge in [-0.25, -0.2) is 4.79 Å². The lowest BCUT2D eigenvalue weighted by Crippen LogP contribution is -2.38. The largest absolute Gasteiger partial charge is 0.493 e. The molecule has 0 unspecified atom stereocenters. The van der Waals surface area contributed by atoms with Gasteiger partial charge in [0, 0.05) is 61.1 Å². The van der Waals surface area contributed by atoms with Crippen LogP contribution in [0.15, 0.2) is 48.7 Å². The van der Waals surface area contributed by atoms with Crippen molar-refractivity contribution in [2.24, 2.45) is 0 Å². The number of urea groups is 1. The fourth-order valence-electron chi connectivity index (χ4n) is 3.99. The van der Waals surface area contributed by atoms with Gasteiger partial charge in [-0.15, -0.1) is 0 Å². The first kappa shape index (κ1) is 22.0. The molecule has 170 valence electrons. The molecule has 8 nitrogen and oxygen atoms in total. The number of carbonyl (C=O) groups is 1. The summed E-state index contributed by atoms with van der Waals surface area (Å²) in [4.78, 5) is 14.9. The number of fused-ring (bicyclic) bond motifs is 1. The predicted molar refractivity (Wildman–Crippen MR) is 125 cm³/mol. The molecule has 0 saturated carbocycles. The number of hydrogen-bond acceptors (Lipinski definition) is 5. The van der Waals surface area contributed by atoms with Crippen LogP contribution in [0.1, 0.15) is 5.56 Å². The van der Waals surface area contributed by atoms with Crippen molar-refractivity contribution in [2.45, 2.75) is 13.1 Å². The highest BCUT2D eigenvalue weighted by molar-refractivity contribution is 5.93. The number of morpholine rings is 1. The number of aromatic nitrogens is 1. The molecule has 32 heavy (non-hydrogen) atoms. The average Bonchev–Trinajstić information content (AvgIpc) is 3.23. The van der Waals surface area contributed by atoms with E-state index in [0.717, 1.165) is 61.5 Å². The number of methoxy groups -OCH3 is 2. The second kappa shape index (κ2) is 10.4. The van der Waals surface area contributed by atoms with E-state index in [1.165, 1.54) is 0 Å². The number of ether oxygens (including phenoxy) is 3. The number of nitrogens with one attached hydrogen (secondary N) is 2. The molecule has 0 radical (unpaired) electrons. The van der Waals surface area contributed by atoms with Gasteiger partial charge in [-0.1, -0.05) is 12.1 Å². The summed E-state index contributed by atoms with van der Waals surface area (Å²) in [6, 6.07) is 13.4. The maximum absolute atomic E-state index is 12.4. The molecule has 0 atom stereocenters. The number of nitrogens with zero attached hydrogens (tertiary/aromatic N) is 2. The minimum absolute atomic E-state index is 0.277. The number of anilines is 1. The zero-order valence-electron chi connectivity index (χ0n) is 18.6. The summed E-state index contributed by atoms with van der Waals surface area (Å²) in [5, 5.41) is 6.88. The number of rotatable bonds is 8. The van der Waals surface area contributed by atoms with Gasteiger partial charge in [0.1, 0.15) is 0 Å². The van der Waals surface area contributed by atoms with Crippen molar-refractivity contribution in [1.82, 2.24) is 14.8 Å². The molecular formula is C24H30N4O4. The molecule has 4 rings (SSSR count). The molecule has 0 bridgehead atoms. The van der Waals surface area contributed by atoms with E-state index in [0.29, 0.717) is 18.0 Å². The Bertz CT molecular complexity index is 1060. The van der Waals surface area contributed by atoms with Gasteiger partial charge in [-0.3, -0.25) is 4.90 Å². The van der Waals surface area contributed by atoms with Crippen LogP contribution in [0.2, 0.25) is 0 Å². The zero-order chi connectivity index (χ0) is 22.3. The maximum atomic E-state index is 12.4. The van der Waals surface area contributed by atoms with Gasteiger partial charge in [0.2, 0.25) is 0 Å². The van der Waals surface area contributed by atoms with E-state index in [-0.39, 0.29) is 6.03 Å². The fourth-order valence-corrected chi connectivity index (χ4v) is 3.99. The highest BCUT2D eigenvalue weighted by Crippen LogP contribution is 2.30. The summed E-state index contributed by atoms with van der Waals surface area (Å²) in [5.41, 5.74) is 2.75. The number of benzene rings is 2. The lowest BCUT2D eigenvalue weighted by Gasteiger charge is -2.26. The molecule has 2 aromatic carbocycles. The van der Waals surface area contributed by atoms with Gasteiger partial charge >= 0.3 is 6.03 Å². The van der Waals surface area contributed by atoms with Crippen molar-refractivity contribution >= 4 is 22.6 Å². The van der Waals surface area contributed by atoms with Crippen LogP contribution in [-0.4, -0.2) is 62.6 Å². The zero-order valence-corrected chi connectivity index (χ0v) is 18.6. The van der Waals surface area contributed by atoms with Crippen LogP contribution < -0.4 is 20.1 Å². The molecule has 2 heterocycles. The van der Waals surface area contributed by atoms with Crippen LogP contribution in [-0.2, 0) is 17.8 Å². The first-order valence-corrected chi connectivity index (χ1v) is 10.8. The van der Waals surface area contributed by atoms with Crippen LogP contribution in [0, 0.1) is 0 Å². The minimum Gasteiger partial charge on any atom is -0.493 e. The normalized spacial score (nSPS) is 14.3. The van der Waals surface area contributed by atoms with Crippen molar-refractivity contribution < 1.29 is 19.0 Å². The third-order valence-electron chi connectivity index (χ3n) is 5.71. The monoisotopic (exact) mass is 438 g/mol. The first-order valence-electron chi connectivity index (χ1n) is 10.8. The molecule has 1 aliphatic rings. The molecule has 0 spiro atoms. The summed E-state index contributed by atoms with van der Waals surface area (Å²) in [5.74, 6) is 1.26. The molecule has 8 heteroatoms.